The summed E-state index contributed by atoms with van der Waals surface area (Å²) in [6.07, 6.45) is 1.68. The Morgan fingerprint density at radius 3 is 2.56 bits per heavy atom. The minimum atomic E-state index is 0.138. The Kier molecular flexibility index (Phi) is 2.75. The molecule has 2 rings (SSSR count). The summed E-state index contributed by atoms with van der Waals surface area (Å²) in [6, 6.07) is 8.34. The average molecular weight is 217 g/mol. The van der Waals surface area contributed by atoms with Crippen LogP contribution in [0, 0.1) is 0 Å². The second-order valence-corrected chi connectivity index (χ2v) is 5.45. The third-order valence-corrected chi connectivity index (χ3v) is 3.10. The molecule has 1 aliphatic rings. The minimum absolute atomic E-state index is 0.138. The Bertz CT molecular complexity index is 403. The van der Waals surface area contributed by atoms with Gasteiger partial charge in [0.2, 0.25) is 5.91 Å². The van der Waals surface area contributed by atoms with Crippen LogP contribution in [-0.2, 0) is 10.2 Å². The highest BCUT2D eigenvalue weighted by molar-refractivity contribution is 5.95. The Labute approximate surface area is 97.3 Å². The van der Waals surface area contributed by atoms with Crippen LogP contribution in [0.4, 0.5) is 5.69 Å². The van der Waals surface area contributed by atoms with E-state index in [1.165, 1.54) is 5.56 Å². The summed E-state index contributed by atoms with van der Waals surface area (Å²) < 4.78 is 0. The number of rotatable bonds is 1. The van der Waals surface area contributed by atoms with E-state index in [9.17, 15) is 4.79 Å². The molecule has 0 N–H and O–H groups in total. The summed E-state index contributed by atoms with van der Waals surface area (Å²) in [4.78, 5) is 13.6. The average Bonchev–Trinajstić information content (AvgIpc) is 2.63. The van der Waals surface area contributed by atoms with Gasteiger partial charge in [0.25, 0.3) is 0 Å². The van der Waals surface area contributed by atoms with Crippen molar-refractivity contribution < 1.29 is 4.79 Å². The quantitative estimate of drug-likeness (QED) is 0.707. The highest BCUT2D eigenvalue weighted by Gasteiger charge is 2.23. The van der Waals surface area contributed by atoms with Crippen LogP contribution in [0.3, 0.4) is 0 Å². The van der Waals surface area contributed by atoms with Gasteiger partial charge in [-0.15, -0.1) is 0 Å². The SMILES string of the molecule is CC(C)(C)c1cccc(N2CCCC2=O)c1. The molecule has 1 fully saturated rings. The molecule has 0 saturated carbocycles. The molecule has 1 saturated heterocycles. The largest absolute Gasteiger partial charge is 0.312 e. The minimum Gasteiger partial charge on any atom is -0.312 e. The van der Waals surface area contributed by atoms with Crippen LogP contribution in [0.15, 0.2) is 24.3 Å². The van der Waals surface area contributed by atoms with Crippen molar-refractivity contribution in [1.29, 1.82) is 0 Å². The summed E-state index contributed by atoms with van der Waals surface area (Å²) >= 11 is 0. The monoisotopic (exact) mass is 217 g/mol. The smallest absolute Gasteiger partial charge is 0.227 e. The van der Waals surface area contributed by atoms with E-state index in [1.54, 1.807) is 0 Å². The third-order valence-electron chi connectivity index (χ3n) is 3.10. The summed E-state index contributed by atoms with van der Waals surface area (Å²) in [5.41, 5.74) is 2.47. The highest BCUT2D eigenvalue weighted by Crippen LogP contribution is 2.28. The zero-order chi connectivity index (χ0) is 11.8. The first-order chi connectivity index (χ1) is 7.48. The molecule has 0 bridgehead atoms. The van der Waals surface area contributed by atoms with Gasteiger partial charge >= 0.3 is 0 Å². The maximum atomic E-state index is 11.7. The van der Waals surface area contributed by atoms with Crippen molar-refractivity contribution in [2.75, 3.05) is 11.4 Å². The molecule has 16 heavy (non-hydrogen) atoms. The molecule has 0 atom stereocenters. The number of carbonyl (C=O) groups is 1. The fraction of sp³-hybridized carbons (Fsp3) is 0.500. The van der Waals surface area contributed by atoms with Crippen molar-refractivity contribution in [1.82, 2.24) is 0 Å². The van der Waals surface area contributed by atoms with Gasteiger partial charge in [0.05, 0.1) is 0 Å². The molecule has 0 radical (unpaired) electrons. The molecule has 0 unspecified atom stereocenters. The number of carbonyl (C=O) groups excluding carboxylic acids is 1. The standard InChI is InChI=1S/C14H19NO/c1-14(2,3)11-6-4-7-12(10-11)15-9-5-8-13(15)16/h4,6-7,10H,5,8-9H2,1-3H3. The lowest BCUT2D eigenvalue weighted by Crippen LogP contribution is -2.24. The lowest BCUT2D eigenvalue weighted by atomic mass is 9.87. The van der Waals surface area contributed by atoms with E-state index in [0.717, 1.165) is 18.7 Å². The van der Waals surface area contributed by atoms with Gasteiger partial charge in [-0.25, -0.2) is 0 Å². The first-order valence-electron chi connectivity index (χ1n) is 5.89. The number of nitrogens with zero attached hydrogens (tertiary/aromatic N) is 1. The van der Waals surface area contributed by atoms with Gasteiger partial charge in [-0.2, -0.15) is 0 Å². The lowest BCUT2D eigenvalue weighted by molar-refractivity contribution is -0.117. The molecular weight excluding hydrogens is 198 g/mol. The molecule has 86 valence electrons. The summed E-state index contributed by atoms with van der Waals surface area (Å²) in [5.74, 6) is 0.256. The zero-order valence-electron chi connectivity index (χ0n) is 10.3. The van der Waals surface area contributed by atoms with Crippen molar-refractivity contribution in [3.05, 3.63) is 29.8 Å². The summed E-state index contributed by atoms with van der Waals surface area (Å²) in [6.45, 7) is 7.44. The Balaban J connectivity index is 2.32. The highest BCUT2D eigenvalue weighted by atomic mass is 16.2. The number of hydrogen-bond donors (Lipinski definition) is 0. The molecule has 1 aliphatic heterocycles. The van der Waals surface area contributed by atoms with E-state index in [0.29, 0.717) is 6.42 Å². The molecule has 2 nitrogen and oxygen atoms in total. The molecule has 1 aromatic rings. The Morgan fingerprint density at radius 1 is 1.25 bits per heavy atom. The molecule has 0 aromatic heterocycles. The van der Waals surface area contributed by atoms with Crippen molar-refractivity contribution in [2.24, 2.45) is 0 Å². The van der Waals surface area contributed by atoms with Gasteiger partial charge in [0, 0.05) is 18.7 Å². The van der Waals surface area contributed by atoms with Gasteiger partial charge in [-0.3, -0.25) is 4.79 Å². The van der Waals surface area contributed by atoms with Crippen LogP contribution in [0.25, 0.3) is 0 Å². The second-order valence-electron chi connectivity index (χ2n) is 5.45. The lowest BCUT2D eigenvalue weighted by Gasteiger charge is -2.22. The van der Waals surface area contributed by atoms with Crippen LogP contribution in [0.2, 0.25) is 0 Å². The van der Waals surface area contributed by atoms with Crippen molar-refractivity contribution in [3.8, 4) is 0 Å². The molecular formula is C14H19NO. The van der Waals surface area contributed by atoms with E-state index in [2.05, 4.69) is 32.9 Å². The molecule has 0 spiro atoms. The van der Waals surface area contributed by atoms with Crippen LogP contribution < -0.4 is 4.90 Å². The van der Waals surface area contributed by atoms with Crippen molar-refractivity contribution in [2.45, 2.75) is 39.0 Å². The Morgan fingerprint density at radius 2 is 2.00 bits per heavy atom. The number of hydrogen-bond acceptors (Lipinski definition) is 1. The van der Waals surface area contributed by atoms with E-state index in [-0.39, 0.29) is 11.3 Å². The molecule has 0 aliphatic carbocycles. The topological polar surface area (TPSA) is 20.3 Å². The normalized spacial score (nSPS) is 16.9. The molecule has 1 heterocycles. The van der Waals surface area contributed by atoms with Gasteiger partial charge in [-0.05, 0) is 29.5 Å². The number of benzene rings is 1. The fourth-order valence-corrected chi connectivity index (χ4v) is 2.06. The van der Waals surface area contributed by atoms with E-state index < -0.39 is 0 Å². The maximum absolute atomic E-state index is 11.7. The van der Waals surface area contributed by atoms with E-state index in [4.69, 9.17) is 0 Å². The number of amides is 1. The fourth-order valence-electron chi connectivity index (χ4n) is 2.06. The summed E-state index contributed by atoms with van der Waals surface area (Å²) in [7, 11) is 0. The first kappa shape index (κ1) is 11.2. The van der Waals surface area contributed by atoms with E-state index >= 15 is 0 Å². The van der Waals surface area contributed by atoms with Gasteiger partial charge in [0.15, 0.2) is 0 Å². The predicted molar refractivity (Wildman–Crippen MR) is 66.7 cm³/mol. The zero-order valence-corrected chi connectivity index (χ0v) is 10.3. The van der Waals surface area contributed by atoms with Crippen LogP contribution in [0.1, 0.15) is 39.2 Å². The molecule has 2 heteroatoms. The van der Waals surface area contributed by atoms with E-state index in [1.807, 2.05) is 17.0 Å². The van der Waals surface area contributed by atoms with Gasteiger partial charge in [0.1, 0.15) is 0 Å². The molecule has 1 aromatic carbocycles. The number of anilines is 1. The van der Waals surface area contributed by atoms with Crippen molar-refractivity contribution >= 4 is 11.6 Å². The second kappa shape index (κ2) is 3.93. The van der Waals surface area contributed by atoms with Crippen LogP contribution in [-0.4, -0.2) is 12.5 Å². The van der Waals surface area contributed by atoms with Crippen LogP contribution >= 0.6 is 0 Å². The van der Waals surface area contributed by atoms with Crippen molar-refractivity contribution in [3.63, 3.8) is 0 Å². The maximum Gasteiger partial charge on any atom is 0.227 e. The van der Waals surface area contributed by atoms with Gasteiger partial charge < -0.3 is 4.90 Å². The Hall–Kier alpha value is -1.31. The molecule has 1 amide bonds. The van der Waals surface area contributed by atoms with Gasteiger partial charge in [-0.1, -0.05) is 32.9 Å². The third kappa shape index (κ3) is 2.11. The van der Waals surface area contributed by atoms with Crippen LogP contribution in [0.5, 0.6) is 0 Å². The summed E-state index contributed by atoms with van der Waals surface area (Å²) in [5, 5.41) is 0. The first-order valence-corrected chi connectivity index (χ1v) is 5.89. The predicted octanol–water partition coefficient (Wildman–Crippen LogP) is 3.11.